The number of rotatable bonds is 4. The molecule has 0 spiro atoms. The molecule has 90 valence electrons. The second-order valence-electron chi connectivity index (χ2n) is 4.52. The molecule has 0 heterocycles. The van der Waals surface area contributed by atoms with Crippen LogP contribution in [-0.2, 0) is 4.79 Å². The predicted molar refractivity (Wildman–Crippen MR) is 65.6 cm³/mol. The Hall–Kier alpha value is -1.01. The van der Waals surface area contributed by atoms with E-state index in [2.05, 4.69) is 11.2 Å². The van der Waals surface area contributed by atoms with Crippen molar-refractivity contribution in [2.24, 2.45) is 17.6 Å². The van der Waals surface area contributed by atoms with Gasteiger partial charge in [0.2, 0.25) is 5.91 Å². The van der Waals surface area contributed by atoms with Gasteiger partial charge in [-0.15, -0.1) is 6.42 Å². The van der Waals surface area contributed by atoms with E-state index in [0.29, 0.717) is 12.5 Å². The molecule has 3 atom stereocenters. The number of nitrogens with two attached hydrogens (primary N) is 1. The minimum atomic E-state index is -0.132. The van der Waals surface area contributed by atoms with Crippen LogP contribution >= 0.6 is 0 Å². The van der Waals surface area contributed by atoms with E-state index in [1.54, 1.807) is 0 Å². The summed E-state index contributed by atoms with van der Waals surface area (Å²) in [5, 5.41) is 2.92. The Morgan fingerprint density at radius 3 is 2.81 bits per heavy atom. The van der Waals surface area contributed by atoms with Gasteiger partial charge in [0, 0.05) is 5.92 Å². The molecule has 3 nitrogen and oxygen atoms in total. The first-order chi connectivity index (χ1) is 7.72. The molecule has 0 radical (unpaired) electrons. The number of carbonyl (C=O) groups excluding carboxylic acids is 1. The molecule has 1 rings (SSSR count). The largest absolute Gasteiger partial charge is 0.342 e. The molecule has 0 aromatic heterocycles. The van der Waals surface area contributed by atoms with Gasteiger partial charge < -0.3 is 11.1 Å². The minimum Gasteiger partial charge on any atom is -0.342 e. The summed E-state index contributed by atoms with van der Waals surface area (Å²) >= 11 is 0. The summed E-state index contributed by atoms with van der Waals surface area (Å²) in [6, 6.07) is -0.132. The van der Waals surface area contributed by atoms with Crippen molar-refractivity contribution in [3.8, 4) is 12.3 Å². The zero-order valence-electron chi connectivity index (χ0n) is 10.0. The lowest BCUT2D eigenvalue weighted by atomic mass is 9.78. The lowest BCUT2D eigenvalue weighted by Gasteiger charge is -2.30. The molecule has 0 aromatic rings. The van der Waals surface area contributed by atoms with Crippen LogP contribution < -0.4 is 11.1 Å². The van der Waals surface area contributed by atoms with Crippen molar-refractivity contribution in [2.45, 2.75) is 45.1 Å². The number of hydrogen-bond donors (Lipinski definition) is 2. The van der Waals surface area contributed by atoms with Crippen molar-refractivity contribution in [1.82, 2.24) is 5.32 Å². The first-order valence-corrected chi connectivity index (χ1v) is 6.19. The van der Waals surface area contributed by atoms with Gasteiger partial charge in [0.15, 0.2) is 0 Å². The number of hydrogen-bond acceptors (Lipinski definition) is 2. The molecular formula is C13H22N2O. The monoisotopic (exact) mass is 222 g/mol. The fourth-order valence-corrected chi connectivity index (χ4v) is 2.38. The highest BCUT2D eigenvalue weighted by Crippen LogP contribution is 2.29. The van der Waals surface area contributed by atoms with E-state index in [4.69, 9.17) is 12.2 Å². The van der Waals surface area contributed by atoms with Gasteiger partial charge in [-0.3, -0.25) is 4.79 Å². The normalized spacial score (nSPS) is 26.8. The molecule has 16 heavy (non-hydrogen) atoms. The molecular weight excluding hydrogens is 200 g/mol. The zero-order valence-corrected chi connectivity index (χ0v) is 10.0. The molecule has 0 aromatic carbocycles. The Morgan fingerprint density at radius 2 is 2.25 bits per heavy atom. The fraction of sp³-hybridized carbons (Fsp3) is 0.769. The lowest BCUT2D eigenvalue weighted by Crippen LogP contribution is -2.43. The van der Waals surface area contributed by atoms with Crippen LogP contribution in [0.5, 0.6) is 0 Å². The summed E-state index contributed by atoms with van der Waals surface area (Å²) in [4.78, 5) is 12.0. The quantitative estimate of drug-likeness (QED) is 0.704. The third-order valence-corrected chi connectivity index (χ3v) is 3.47. The van der Waals surface area contributed by atoms with Gasteiger partial charge in [-0.1, -0.05) is 25.7 Å². The Balaban J connectivity index is 2.54. The lowest BCUT2D eigenvalue weighted by molar-refractivity contribution is -0.128. The summed E-state index contributed by atoms with van der Waals surface area (Å²) in [6.45, 7) is 2.58. The van der Waals surface area contributed by atoms with E-state index >= 15 is 0 Å². The maximum absolute atomic E-state index is 12.0. The Bertz CT molecular complexity index is 270. The van der Waals surface area contributed by atoms with E-state index < -0.39 is 0 Å². The van der Waals surface area contributed by atoms with Gasteiger partial charge in [-0.25, -0.2) is 0 Å². The van der Waals surface area contributed by atoms with Crippen molar-refractivity contribution >= 4 is 5.91 Å². The first-order valence-electron chi connectivity index (χ1n) is 6.19. The van der Waals surface area contributed by atoms with Crippen molar-refractivity contribution in [3.63, 3.8) is 0 Å². The number of terminal acetylenes is 1. The Labute approximate surface area is 98.2 Å². The van der Waals surface area contributed by atoms with Crippen LogP contribution in [0.1, 0.15) is 39.0 Å². The molecule has 1 amide bonds. The van der Waals surface area contributed by atoms with E-state index in [9.17, 15) is 4.79 Å². The molecule has 0 saturated heterocycles. The second kappa shape index (κ2) is 6.55. The van der Waals surface area contributed by atoms with E-state index in [0.717, 1.165) is 25.7 Å². The molecule has 1 saturated carbocycles. The fourth-order valence-electron chi connectivity index (χ4n) is 2.38. The summed E-state index contributed by atoms with van der Waals surface area (Å²) in [5.41, 5.74) is 5.71. The summed E-state index contributed by atoms with van der Waals surface area (Å²) in [6.07, 6.45) is 10.5. The van der Waals surface area contributed by atoms with E-state index in [-0.39, 0.29) is 17.9 Å². The van der Waals surface area contributed by atoms with Crippen LogP contribution in [0.3, 0.4) is 0 Å². The summed E-state index contributed by atoms with van der Waals surface area (Å²) in [5.74, 6) is 3.10. The van der Waals surface area contributed by atoms with E-state index in [1.807, 2.05) is 6.92 Å². The van der Waals surface area contributed by atoms with Crippen LogP contribution in [0.4, 0.5) is 0 Å². The van der Waals surface area contributed by atoms with E-state index in [1.165, 1.54) is 6.42 Å². The van der Waals surface area contributed by atoms with Gasteiger partial charge in [-0.2, -0.15) is 0 Å². The standard InChI is InChI=1S/C13H22N2O/c1-3-11(4-2)15-13(16)12-8-6-5-7-10(12)9-14/h1,10-12H,4-9,14H2,2H3,(H,15,16). The second-order valence-corrected chi connectivity index (χ2v) is 4.52. The highest BCUT2D eigenvalue weighted by Gasteiger charge is 2.30. The molecule has 3 heteroatoms. The van der Waals surface area contributed by atoms with Gasteiger partial charge in [0.25, 0.3) is 0 Å². The highest BCUT2D eigenvalue weighted by molar-refractivity contribution is 5.79. The first kappa shape index (κ1) is 13.1. The zero-order chi connectivity index (χ0) is 12.0. The SMILES string of the molecule is C#CC(CC)NC(=O)C1CCCCC1CN. The smallest absolute Gasteiger partial charge is 0.224 e. The molecule has 0 aliphatic heterocycles. The number of nitrogens with one attached hydrogen (secondary N) is 1. The van der Waals surface area contributed by atoms with Gasteiger partial charge in [0.1, 0.15) is 0 Å². The third-order valence-electron chi connectivity index (χ3n) is 3.47. The van der Waals surface area contributed by atoms with Crippen LogP contribution in [0, 0.1) is 24.2 Å². The summed E-state index contributed by atoms with van der Waals surface area (Å²) < 4.78 is 0. The van der Waals surface area contributed by atoms with Crippen molar-refractivity contribution < 1.29 is 4.79 Å². The molecule has 3 unspecified atom stereocenters. The Morgan fingerprint density at radius 1 is 1.56 bits per heavy atom. The molecule has 3 N–H and O–H groups in total. The number of amides is 1. The molecule has 1 aliphatic rings. The maximum Gasteiger partial charge on any atom is 0.224 e. The van der Waals surface area contributed by atoms with Crippen molar-refractivity contribution in [1.29, 1.82) is 0 Å². The van der Waals surface area contributed by atoms with Gasteiger partial charge in [-0.05, 0) is 31.7 Å². The van der Waals surface area contributed by atoms with Crippen LogP contribution in [0.15, 0.2) is 0 Å². The third kappa shape index (κ3) is 3.24. The highest BCUT2D eigenvalue weighted by atomic mass is 16.1. The number of carbonyl (C=O) groups is 1. The molecule has 0 bridgehead atoms. The van der Waals surface area contributed by atoms with Gasteiger partial charge >= 0.3 is 0 Å². The van der Waals surface area contributed by atoms with Crippen LogP contribution in [0.2, 0.25) is 0 Å². The van der Waals surface area contributed by atoms with Crippen LogP contribution in [-0.4, -0.2) is 18.5 Å². The summed E-state index contributed by atoms with van der Waals surface area (Å²) in [7, 11) is 0. The maximum atomic E-state index is 12.0. The average Bonchev–Trinajstić information content (AvgIpc) is 2.35. The van der Waals surface area contributed by atoms with Crippen molar-refractivity contribution in [2.75, 3.05) is 6.54 Å². The average molecular weight is 222 g/mol. The van der Waals surface area contributed by atoms with Crippen LogP contribution in [0.25, 0.3) is 0 Å². The Kier molecular flexibility index (Phi) is 5.34. The topological polar surface area (TPSA) is 55.1 Å². The predicted octanol–water partition coefficient (Wildman–Crippen LogP) is 1.28. The van der Waals surface area contributed by atoms with Crippen molar-refractivity contribution in [3.05, 3.63) is 0 Å². The van der Waals surface area contributed by atoms with Gasteiger partial charge in [0.05, 0.1) is 6.04 Å². The minimum absolute atomic E-state index is 0.0705. The molecule has 1 aliphatic carbocycles. The molecule has 1 fully saturated rings.